The van der Waals surface area contributed by atoms with E-state index in [9.17, 15) is 0 Å². The average Bonchev–Trinajstić information content (AvgIpc) is 1.98. The number of hydrogen-bond donors (Lipinski definition) is 0. The van der Waals surface area contributed by atoms with E-state index in [2.05, 4.69) is 62.4 Å². The molecule has 16 heavy (non-hydrogen) atoms. The second-order valence-corrected chi connectivity index (χ2v) is 14.3. The van der Waals surface area contributed by atoms with Crippen molar-refractivity contribution >= 4 is 21.9 Å². The lowest BCUT2D eigenvalue weighted by atomic mass is 10.1. The van der Waals surface area contributed by atoms with Crippen LogP contribution in [0.5, 0.6) is 0 Å². The molecule has 0 amide bonds. The summed E-state index contributed by atoms with van der Waals surface area (Å²) < 4.78 is 5.54. The van der Waals surface area contributed by atoms with Gasteiger partial charge in [-0.05, 0) is 60.7 Å². The van der Waals surface area contributed by atoms with Crippen molar-refractivity contribution in [2.45, 2.75) is 59.2 Å². The molecule has 1 fully saturated rings. The van der Waals surface area contributed by atoms with Crippen molar-refractivity contribution in [3.05, 3.63) is 0 Å². The Balaban J connectivity index is 2.91. The molecule has 0 bridgehead atoms. The molecule has 0 aromatic carbocycles. The lowest BCUT2D eigenvalue weighted by molar-refractivity contribution is 0.298. The number of rotatable bonds is 3. The van der Waals surface area contributed by atoms with Crippen molar-refractivity contribution < 1.29 is 0 Å². The minimum absolute atomic E-state index is 0.280. The van der Waals surface area contributed by atoms with Crippen LogP contribution in [0.1, 0.15) is 40.5 Å². The first-order valence-electron chi connectivity index (χ1n) is 6.36. The SMILES string of the molecule is C=P1(C)N(CCCC)[Si](C)(C)N1C(C)(C)C. The third kappa shape index (κ3) is 2.20. The monoisotopic (exact) mass is 260 g/mol. The molecule has 1 rings (SSSR count). The van der Waals surface area contributed by atoms with Gasteiger partial charge in [-0.25, -0.2) is 0 Å². The molecule has 4 heteroatoms. The quantitative estimate of drug-likeness (QED) is 0.562. The van der Waals surface area contributed by atoms with Crippen LogP contribution in [-0.4, -0.2) is 42.1 Å². The second kappa shape index (κ2) is 4.27. The minimum Gasteiger partial charge on any atom is -0.280 e. The Labute approximate surface area is 103 Å². The molecule has 96 valence electrons. The summed E-state index contributed by atoms with van der Waals surface area (Å²) in [5, 5.41) is 0. The van der Waals surface area contributed by atoms with Gasteiger partial charge >= 0.3 is 0 Å². The molecule has 0 aromatic rings. The molecule has 0 aliphatic carbocycles. The Bertz CT molecular complexity index is 307. The summed E-state index contributed by atoms with van der Waals surface area (Å²) in [5.41, 5.74) is 0.280. The third-order valence-electron chi connectivity index (χ3n) is 3.46. The molecule has 0 N–H and O–H groups in total. The highest BCUT2D eigenvalue weighted by Crippen LogP contribution is 2.67. The van der Waals surface area contributed by atoms with Crippen LogP contribution in [0.3, 0.4) is 0 Å². The highest BCUT2D eigenvalue weighted by atomic mass is 31.2. The number of nitrogens with zero attached hydrogens (tertiary/aromatic N) is 2. The molecule has 2 nitrogen and oxygen atoms in total. The van der Waals surface area contributed by atoms with E-state index >= 15 is 0 Å². The zero-order chi connectivity index (χ0) is 12.8. The van der Waals surface area contributed by atoms with E-state index in [0.717, 1.165) is 0 Å². The fraction of sp³-hybridized carbons (Fsp3) is 0.917. The van der Waals surface area contributed by atoms with Gasteiger partial charge in [-0.15, -0.1) is 0 Å². The average molecular weight is 260 g/mol. The van der Waals surface area contributed by atoms with Gasteiger partial charge in [0.1, 0.15) is 0 Å². The first-order chi connectivity index (χ1) is 7.06. The molecule has 1 atom stereocenters. The van der Waals surface area contributed by atoms with Crippen LogP contribution in [0, 0.1) is 0 Å². The van der Waals surface area contributed by atoms with Crippen molar-refractivity contribution in [1.29, 1.82) is 0 Å². The fourth-order valence-corrected chi connectivity index (χ4v) is 17.2. The van der Waals surface area contributed by atoms with Crippen LogP contribution in [0.2, 0.25) is 13.1 Å². The normalized spacial score (nSPS) is 31.4. The van der Waals surface area contributed by atoms with Crippen molar-refractivity contribution in [2.24, 2.45) is 0 Å². The standard InChI is InChI=1S/C12H29N2PSi/c1-9-10-11-13-15(5,6)14(12(2,3)4)16(13,7)8/h5,9-11H2,1-4,6-8H3. The smallest absolute Gasteiger partial charge is 0.209 e. The molecule has 1 unspecified atom stereocenters. The third-order valence-corrected chi connectivity index (χ3v) is 14.9. The molecule has 0 aromatic heterocycles. The zero-order valence-electron chi connectivity index (χ0n) is 12.2. The summed E-state index contributed by atoms with van der Waals surface area (Å²) in [7, 11) is -2.59. The predicted molar refractivity (Wildman–Crippen MR) is 80.7 cm³/mol. The minimum atomic E-state index is -1.36. The largest absolute Gasteiger partial charge is 0.280 e. The van der Waals surface area contributed by atoms with Crippen LogP contribution >= 0.6 is 7.19 Å². The van der Waals surface area contributed by atoms with Crippen LogP contribution in [0.25, 0.3) is 0 Å². The lowest BCUT2D eigenvalue weighted by Crippen LogP contribution is -2.74. The van der Waals surface area contributed by atoms with E-state index < -0.39 is 15.6 Å². The van der Waals surface area contributed by atoms with Crippen molar-refractivity contribution in [3.8, 4) is 0 Å². The highest BCUT2D eigenvalue weighted by Gasteiger charge is 2.58. The Morgan fingerprint density at radius 2 is 1.75 bits per heavy atom. The second-order valence-electron chi connectivity index (χ2n) is 6.54. The summed E-state index contributed by atoms with van der Waals surface area (Å²) in [4.78, 5) is 0. The van der Waals surface area contributed by atoms with Crippen LogP contribution < -0.4 is 0 Å². The predicted octanol–water partition coefficient (Wildman–Crippen LogP) is 3.81. The maximum Gasteiger partial charge on any atom is 0.209 e. The van der Waals surface area contributed by atoms with E-state index in [1.54, 1.807) is 0 Å². The van der Waals surface area contributed by atoms with Gasteiger partial charge in [0.25, 0.3) is 0 Å². The Kier molecular flexibility index (Phi) is 3.87. The Hall–Kier alpha value is 0.437. The van der Waals surface area contributed by atoms with E-state index in [-0.39, 0.29) is 5.54 Å². The molecule has 0 radical (unpaired) electrons. The van der Waals surface area contributed by atoms with E-state index in [1.807, 2.05) is 0 Å². The van der Waals surface area contributed by atoms with Crippen molar-refractivity contribution in [2.75, 3.05) is 13.2 Å². The van der Waals surface area contributed by atoms with Gasteiger partial charge in [0, 0.05) is 5.54 Å². The van der Waals surface area contributed by atoms with Gasteiger partial charge in [-0.2, -0.15) is 0 Å². The topological polar surface area (TPSA) is 6.48 Å². The van der Waals surface area contributed by atoms with E-state index in [4.69, 9.17) is 0 Å². The van der Waals surface area contributed by atoms with Crippen LogP contribution in [0.4, 0.5) is 0 Å². The lowest BCUT2D eigenvalue weighted by Gasteiger charge is -2.69. The maximum atomic E-state index is 4.55. The Morgan fingerprint density at radius 1 is 1.25 bits per heavy atom. The number of unbranched alkanes of at least 4 members (excludes halogenated alkanes) is 1. The van der Waals surface area contributed by atoms with Crippen molar-refractivity contribution in [3.63, 3.8) is 0 Å². The maximum absolute atomic E-state index is 4.55. The van der Waals surface area contributed by atoms with Gasteiger partial charge in [0.15, 0.2) is 0 Å². The van der Waals surface area contributed by atoms with Crippen LogP contribution in [-0.2, 0) is 0 Å². The summed E-state index contributed by atoms with van der Waals surface area (Å²) in [6.07, 6.45) is 7.16. The fourth-order valence-electron chi connectivity index (χ4n) is 3.50. The van der Waals surface area contributed by atoms with Crippen LogP contribution in [0.15, 0.2) is 0 Å². The highest BCUT2D eigenvalue weighted by molar-refractivity contribution is 7.75. The van der Waals surface area contributed by atoms with Gasteiger partial charge in [-0.3, -0.25) is 8.67 Å². The molecule has 1 aliphatic heterocycles. The molecular formula is C12H29N2PSi. The summed E-state index contributed by atoms with van der Waals surface area (Å²) in [5.74, 6) is 0. The molecule has 1 aliphatic rings. The molecule has 1 saturated heterocycles. The van der Waals surface area contributed by atoms with E-state index in [0.29, 0.717) is 0 Å². The Morgan fingerprint density at radius 3 is 2.06 bits per heavy atom. The zero-order valence-corrected chi connectivity index (χ0v) is 14.1. The van der Waals surface area contributed by atoms with Gasteiger partial charge in [-0.1, -0.05) is 19.6 Å². The van der Waals surface area contributed by atoms with Gasteiger partial charge < -0.3 is 0 Å². The van der Waals surface area contributed by atoms with Crippen molar-refractivity contribution in [1.82, 2.24) is 8.67 Å². The molecule has 0 spiro atoms. The first kappa shape index (κ1) is 14.5. The van der Waals surface area contributed by atoms with Gasteiger partial charge in [0.05, 0.1) is 0 Å². The summed E-state index contributed by atoms with van der Waals surface area (Å²) in [6, 6.07) is 0. The molecular weight excluding hydrogens is 231 g/mol. The van der Waals surface area contributed by atoms with E-state index in [1.165, 1.54) is 19.4 Å². The number of hydrogen-bond acceptors (Lipinski definition) is 2. The summed E-state index contributed by atoms with van der Waals surface area (Å²) in [6.45, 7) is 17.9. The molecule has 0 saturated carbocycles. The van der Waals surface area contributed by atoms with Gasteiger partial charge in [0.2, 0.25) is 8.40 Å². The molecule has 1 heterocycles. The summed E-state index contributed by atoms with van der Waals surface area (Å²) >= 11 is 0. The first-order valence-corrected chi connectivity index (χ1v) is 11.6.